The van der Waals surface area contributed by atoms with Gasteiger partial charge in [-0.1, -0.05) is 24.3 Å². The van der Waals surface area contributed by atoms with E-state index in [9.17, 15) is 4.79 Å². The Morgan fingerprint density at radius 2 is 1.95 bits per heavy atom. The second-order valence-corrected chi connectivity index (χ2v) is 5.65. The maximum Gasteiger partial charge on any atom is 0.319 e. The lowest BCUT2D eigenvalue weighted by Gasteiger charge is -2.08. The summed E-state index contributed by atoms with van der Waals surface area (Å²) in [5.41, 5.74) is 2.72. The molecule has 22 heavy (non-hydrogen) atoms. The van der Waals surface area contributed by atoms with Crippen molar-refractivity contribution in [2.45, 2.75) is 6.54 Å². The number of anilines is 1. The fourth-order valence-corrected chi connectivity index (χ4v) is 2.72. The SMILES string of the molecule is O=C(NCc1ccnc(-c2cccs2)c1)Nc1ccccc1. The van der Waals surface area contributed by atoms with Crippen molar-refractivity contribution in [3.8, 4) is 10.6 Å². The second-order valence-electron chi connectivity index (χ2n) is 4.70. The van der Waals surface area contributed by atoms with Crippen LogP contribution in [0, 0.1) is 0 Å². The van der Waals surface area contributed by atoms with Gasteiger partial charge in [-0.05, 0) is 41.3 Å². The Morgan fingerprint density at radius 1 is 1.09 bits per heavy atom. The van der Waals surface area contributed by atoms with Crippen LogP contribution >= 0.6 is 11.3 Å². The molecule has 0 saturated heterocycles. The quantitative estimate of drug-likeness (QED) is 0.761. The highest BCUT2D eigenvalue weighted by Crippen LogP contribution is 2.22. The number of nitrogens with zero attached hydrogens (tertiary/aromatic N) is 1. The standard InChI is InChI=1S/C17H15N3OS/c21-17(20-14-5-2-1-3-6-14)19-12-13-8-9-18-15(11-13)16-7-4-10-22-16/h1-11H,12H2,(H2,19,20,21). The van der Waals surface area contributed by atoms with E-state index >= 15 is 0 Å². The Balaban J connectivity index is 1.60. The molecule has 0 radical (unpaired) electrons. The molecule has 0 saturated carbocycles. The maximum absolute atomic E-state index is 11.9. The Morgan fingerprint density at radius 3 is 2.73 bits per heavy atom. The number of amides is 2. The zero-order valence-corrected chi connectivity index (χ0v) is 12.6. The summed E-state index contributed by atoms with van der Waals surface area (Å²) in [5, 5.41) is 7.66. The summed E-state index contributed by atoms with van der Waals surface area (Å²) in [6.07, 6.45) is 1.77. The van der Waals surface area contributed by atoms with Crippen LogP contribution in [0.2, 0.25) is 0 Å². The number of pyridine rings is 1. The molecule has 5 heteroatoms. The van der Waals surface area contributed by atoms with Gasteiger partial charge in [0.1, 0.15) is 0 Å². The number of para-hydroxylation sites is 1. The van der Waals surface area contributed by atoms with Gasteiger partial charge in [-0.25, -0.2) is 4.79 Å². The number of benzene rings is 1. The van der Waals surface area contributed by atoms with Crippen LogP contribution in [0.4, 0.5) is 10.5 Å². The fraction of sp³-hybridized carbons (Fsp3) is 0.0588. The summed E-state index contributed by atoms with van der Waals surface area (Å²) in [6, 6.07) is 17.1. The summed E-state index contributed by atoms with van der Waals surface area (Å²) < 4.78 is 0. The minimum Gasteiger partial charge on any atom is -0.334 e. The van der Waals surface area contributed by atoms with Crippen LogP contribution in [0.3, 0.4) is 0 Å². The molecule has 0 atom stereocenters. The smallest absolute Gasteiger partial charge is 0.319 e. The predicted molar refractivity (Wildman–Crippen MR) is 89.9 cm³/mol. The summed E-state index contributed by atoms with van der Waals surface area (Å²) in [7, 11) is 0. The van der Waals surface area contributed by atoms with Gasteiger partial charge in [-0.15, -0.1) is 11.3 Å². The summed E-state index contributed by atoms with van der Waals surface area (Å²) in [5.74, 6) is 0. The van der Waals surface area contributed by atoms with Crippen molar-refractivity contribution in [2.24, 2.45) is 0 Å². The molecule has 2 heterocycles. The third-order valence-electron chi connectivity index (χ3n) is 3.08. The third-order valence-corrected chi connectivity index (χ3v) is 3.98. The highest BCUT2D eigenvalue weighted by molar-refractivity contribution is 7.13. The average molecular weight is 309 g/mol. The van der Waals surface area contributed by atoms with Crippen molar-refractivity contribution in [2.75, 3.05) is 5.32 Å². The largest absolute Gasteiger partial charge is 0.334 e. The topological polar surface area (TPSA) is 54.0 Å². The molecule has 0 bridgehead atoms. The minimum absolute atomic E-state index is 0.222. The van der Waals surface area contributed by atoms with Gasteiger partial charge in [0.05, 0.1) is 10.6 Å². The van der Waals surface area contributed by atoms with Crippen LogP contribution < -0.4 is 10.6 Å². The van der Waals surface area contributed by atoms with Crippen molar-refractivity contribution in [3.05, 3.63) is 71.7 Å². The lowest BCUT2D eigenvalue weighted by molar-refractivity contribution is 0.251. The van der Waals surface area contributed by atoms with Gasteiger partial charge in [-0.2, -0.15) is 0 Å². The van der Waals surface area contributed by atoms with Gasteiger partial charge < -0.3 is 10.6 Å². The van der Waals surface area contributed by atoms with Crippen molar-refractivity contribution >= 4 is 23.1 Å². The summed E-state index contributed by atoms with van der Waals surface area (Å²) in [4.78, 5) is 17.3. The number of hydrogen-bond acceptors (Lipinski definition) is 3. The Labute approximate surface area is 132 Å². The highest BCUT2D eigenvalue weighted by atomic mass is 32.1. The van der Waals surface area contributed by atoms with E-state index < -0.39 is 0 Å². The lowest BCUT2D eigenvalue weighted by Crippen LogP contribution is -2.28. The number of rotatable bonds is 4. The monoisotopic (exact) mass is 309 g/mol. The molecule has 2 amide bonds. The first-order chi connectivity index (χ1) is 10.8. The van der Waals surface area contributed by atoms with Crippen molar-refractivity contribution in [1.29, 1.82) is 0 Å². The molecule has 2 aromatic heterocycles. The zero-order valence-electron chi connectivity index (χ0n) is 11.8. The van der Waals surface area contributed by atoms with E-state index in [1.165, 1.54) is 0 Å². The van der Waals surface area contributed by atoms with Crippen LogP contribution in [0.5, 0.6) is 0 Å². The van der Waals surface area contributed by atoms with Gasteiger partial charge in [0, 0.05) is 18.4 Å². The number of thiophene rings is 1. The normalized spacial score (nSPS) is 10.2. The molecule has 1 aromatic carbocycles. The van der Waals surface area contributed by atoms with Gasteiger partial charge in [0.25, 0.3) is 0 Å². The molecule has 3 aromatic rings. The minimum atomic E-state index is -0.222. The third kappa shape index (κ3) is 3.71. The lowest BCUT2D eigenvalue weighted by atomic mass is 10.2. The second kappa shape index (κ2) is 6.87. The van der Waals surface area contributed by atoms with E-state index in [0.717, 1.165) is 21.8 Å². The number of nitrogens with one attached hydrogen (secondary N) is 2. The number of carbonyl (C=O) groups excluding carboxylic acids is 1. The van der Waals surface area contributed by atoms with Gasteiger partial charge in [0.15, 0.2) is 0 Å². The molecule has 110 valence electrons. The molecule has 0 aliphatic rings. The first-order valence-electron chi connectivity index (χ1n) is 6.90. The Kier molecular flexibility index (Phi) is 4.46. The first-order valence-corrected chi connectivity index (χ1v) is 7.78. The van der Waals surface area contributed by atoms with E-state index in [2.05, 4.69) is 15.6 Å². The molecular formula is C17H15N3OS. The molecule has 0 aliphatic carbocycles. The van der Waals surface area contributed by atoms with E-state index in [1.54, 1.807) is 17.5 Å². The van der Waals surface area contributed by atoms with Gasteiger partial charge >= 0.3 is 6.03 Å². The number of hydrogen-bond donors (Lipinski definition) is 2. The Bertz CT molecular complexity index is 742. The number of urea groups is 1. The number of aromatic nitrogens is 1. The molecule has 0 spiro atoms. The fourth-order valence-electron chi connectivity index (χ4n) is 2.02. The van der Waals surface area contributed by atoms with Gasteiger partial charge in [-0.3, -0.25) is 4.98 Å². The summed E-state index contributed by atoms with van der Waals surface area (Å²) >= 11 is 1.65. The Hall–Kier alpha value is -2.66. The summed E-state index contributed by atoms with van der Waals surface area (Å²) in [6.45, 7) is 0.458. The maximum atomic E-state index is 11.9. The molecule has 0 aliphatic heterocycles. The van der Waals surface area contributed by atoms with E-state index in [4.69, 9.17) is 0 Å². The highest BCUT2D eigenvalue weighted by Gasteiger charge is 2.04. The molecule has 0 unspecified atom stereocenters. The van der Waals surface area contributed by atoms with Crippen LogP contribution in [0.15, 0.2) is 66.2 Å². The van der Waals surface area contributed by atoms with E-state index in [0.29, 0.717) is 6.54 Å². The van der Waals surface area contributed by atoms with E-state index in [1.807, 2.05) is 60.0 Å². The first kappa shape index (κ1) is 14.3. The van der Waals surface area contributed by atoms with Crippen LogP contribution in [-0.2, 0) is 6.54 Å². The average Bonchev–Trinajstić information content (AvgIpc) is 3.09. The zero-order chi connectivity index (χ0) is 15.2. The molecule has 4 nitrogen and oxygen atoms in total. The van der Waals surface area contributed by atoms with Crippen LogP contribution in [-0.4, -0.2) is 11.0 Å². The molecule has 3 rings (SSSR count). The number of carbonyl (C=O) groups is 1. The van der Waals surface area contributed by atoms with Crippen LogP contribution in [0.25, 0.3) is 10.6 Å². The molecule has 2 N–H and O–H groups in total. The molecular weight excluding hydrogens is 294 g/mol. The van der Waals surface area contributed by atoms with E-state index in [-0.39, 0.29) is 6.03 Å². The predicted octanol–water partition coefficient (Wildman–Crippen LogP) is 4.13. The van der Waals surface area contributed by atoms with Crippen molar-refractivity contribution < 1.29 is 4.79 Å². The van der Waals surface area contributed by atoms with Crippen LogP contribution in [0.1, 0.15) is 5.56 Å². The molecule has 0 fully saturated rings. The van der Waals surface area contributed by atoms with Crippen molar-refractivity contribution in [1.82, 2.24) is 10.3 Å². The van der Waals surface area contributed by atoms with Crippen molar-refractivity contribution in [3.63, 3.8) is 0 Å². The van der Waals surface area contributed by atoms with Gasteiger partial charge in [0.2, 0.25) is 0 Å².